The van der Waals surface area contributed by atoms with Crippen LogP contribution in [-0.4, -0.2) is 47.7 Å². The molecule has 1 fully saturated rings. The quantitative estimate of drug-likeness (QED) is 0.860. The summed E-state index contributed by atoms with van der Waals surface area (Å²) in [6, 6.07) is 6.08. The highest BCUT2D eigenvalue weighted by molar-refractivity contribution is 5.87. The molecule has 1 unspecified atom stereocenters. The van der Waals surface area contributed by atoms with E-state index in [4.69, 9.17) is 5.11 Å². The van der Waals surface area contributed by atoms with E-state index in [2.05, 4.69) is 5.32 Å². The smallest absolute Gasteiger partial charge is 0.401 e. The van der Waals surface area contributed by atoms with Gasteiger partial charge in [0.1, 0.15) is 0 Å². The van der Waals surface area contributed by atoms with Crippen molar-refractivity contribution in [3.63, 3.8) is 0 Å². The molecule has 1 saturated heterocycles. The minimum absolute atomic E-state index is 0.100. The van der Waals surface area contributed by atoms with Crippen LogP contribution in [-0.2, 0) is 11.3 Å². The maximum Gasteiger partial charge on any atom is 0.401 e. The predicted octanol–water partition coefficient (Wildman–Crippen LogP) is 2.28. The Hall–Kier alpha value is -2.09. The lowest BCUT2D eigenvalue weighted by Gasteiger charge is -2.32. The fourth-order valence-corrected chi connectivity index (χ4v) is 2.77. The molecule has 24 heavy (non-hydrogen) atoms. The summed E-state index contributed by atoms with van der Waals surface area (Å²) >= 11 is 0. The number of alkyl halides is 3. The number of benzene rings is 1. The standard InChI is InChI=1S/C16H19F3N2O3/c17-16(18,19)10-21-7-1-2-13(9-21)14(22)20-8-11-3-5-12(6-4-11)15(23)24/h3-6,13H,1-2,7-10H2,(H,20,22)(H,23,24). The van der Waals surface area contributed by atoms with Crippen LogP contribution in [0.2, 0.25) is 0 Å². The van der Waals surface area contributed by atoms with Crippen molar-refractivity contribution in [1.82, 2.24) is 10.2 Å². The first-order chi connectivity index (χ1) is 11.2. The predicted molar refractivity (Wildman–Crippen MR) is 80.5 cm³/mol. The molecule has 1 aromatic carbocycles. The summed E-state index contributed by atoms with van der Waals surface area (Å²) in [5.41, 5.74) is 0.886. The molecular weight excluding hydrogens is 325 g/mol. The Balaban J connectivity index is 1.84. The van der Waals surface area contributed by atoms with Gasteiger partial charge in [-0.25, -0.2) is 4.79 Å². The average Bonchev–Trinajstić information content (AvgIpc) is 2.51. The molecule has 1 aliphatic rings. The Labute approximate surface area is 137 Å². The van der Waals surface area contributed by atoms with Gasteiger partial charge in [0.05, 0.1) is 18.0 Å². The highest BCUT2D eigenvalue weighted by Crippen LogP contribution is 2.22. The normalized spacial score (nSPS) is 19.0. The van der Waals surface area contributed by atoms with Crippen molar-refractivity contribution in [2.45, 2.75) is 25.6 Å². The second kappa shape index (κ2) is 7.65. The topological polar surface area (TPSA) is 69.6 Å². The molecule has 132 valence electrons. The first-order valence-electron chi connectivity index (χ1n) is 7.63. The van der Waals surface area contributed by atoms with Gasteiger partial charge in [0.2, 0.25) is 5.91 Å². The number of carbonyl (C=O) groups excluding carboxylic acids is 1. The number of carbonyl (C=O) groups is 2. The van der Waals surface area contributed by atoms with Crippen molar-refractivity contribution in [2.75, 3.05) is 19.6 Å². The van der Waals surface area contributed by atoms with Crippen LogP contribution >= 0.6 is 0 Å². The van der Waals surface area contributed by atoms with Gasteiger partial charge in [-0.3, -0.25) is 9.69 Å². The molecule has 1 heterocycles. The van der Waals surface area contributed by atoms with Gasteiger partial charge in [0, 0.05) is 13.1 Å². The molecular formula is C16H19F3N2O3. The van der Waals surface area contributed by atoms with Gasteiger partial charge >= 0.3 is 12.1 Å². The Bertz CT molecular complexity index is 587. The number of carboxylic acids is 1. The van der Waals surface area contributed by atoms with Crippen LogP contribution in [0, 0.1) is 5.92 Å². The molecule has 0 radical (unpaired) electrons. The van der Waals surface area contributed by atoms with E-state index in [1.807, 2.05) is 0 Å². The third-order valence-electron chi connectivity index (χ3n) is 3.95. The Morgan fingerprint density at radius 2 is 1.92 bits per heavy atom. The maximum atomic E-state index is 12.4. The Morgan fingerprint density at radius 1 is 1.25 bits per heavy atom. The molecule has 2 N–H and O–H groups in total. The van der Waals surface area contributed by atoms with E-state index in [0.717, 1.165) is 5.56 Å². The number of nitrogens with zero attached hydrogens (tertiary/aromatic N) is 1. The van der Waals surface area contributed by atoms with Gasteiger partial charge in [-0.2, -0.15) is 13.2 Å². The molecule has 0 aromatic heterocycles. The van der Waals surface area contributed by atoms with Gasteiger partial charge in [-0.1, -0.05) is 12.1 Å². The third kappa shape index (κ3) is 5.52. The Kier molecular flexibility index (Phi) is 5.82. The van der Waals surface area contributed by atoms with E-state index in [9.17, 15) is 22.8 Å². The van der Waals surface area contributed by atoms with Gasteiger partial charge < -0.3 is 10.4 Å². The van der Waals surface area contributed by atoms with Crippen molar-refractivity contribution in [3.05, 3.63) is 35.4 Å². The fourth-order valence-electron chi connectivity index (χ4n) is 2.77. The molecule has 1 aliphatic heterocycles. The summed E-state index contributed by atoms with van der Waals surface area (Å²) in [5.74, 6) is -1.76. The van der Waals surface area contributed by atoms with Crippen LogP contribution in [0.3, 0.4) is 0 Å². The molecule has 5 nitrogen and oxygen atoms in total. The number of hydrogen-bond donors (Lipinski definition) is 2. The molecule has 0 aliphatic carbocycles. The van der Waals surface area contributed by atoms with Gasteiger partial charge in [0.25, 0.3) is 0 Å². The maximum absolute atomic E-state index is 12.4. The number of likely N-dealkylation sites (tertiary alicyclic amines) is 1. The van der Waals surface area contributed by atoms with Crippen LogP contribution in [0.5, 0.6) is 0 Å². The summed E-state index contributed by atoms with van der Waals surface area (Å²) in [7, 11) is 0. The number of hydrogen-bond acceptors (Lipinski definition) is 3. The number of nitrogens with one attached hydrogen (secondary N) is 1. The summed E-state index contributed by atoms with van der Waals surface area (Å²) < 4.78 is 37.3. The minimum atomic E-state index is -4.26. The van der Waals surface area contributed by atoms with E-state index in [0.29, 0.717) is 19.4 Å². The molecule has 0 spiro atoms. The van der Waals surface area contributed by atoms with Crippen molar-refractivity contribution >= 4 is 11.9 Å². The van der Waals surface area contributed by atoms with Crippen LogP contribution < -0.4 is 5.32 Å². The lowest BCUT2D eigenvalue weighted by molar-refractivity contribution is -0.152. The lowest BCUT2D eigenvalue weighted by Crippen LogP contribution is -2.45. The van der Waals surface area contributed by atoms with Crippen molar-refractivity contribution in [3.8, 4) is 0 Å². The van der Waals surface area contributed by atoms with Crippen LogP contribution in [0.25, 0.3) is 0 Å². The first-order valence-corrected chi connectivity index (χ1v) is 7.63. The summed E-state index contributed by atoms with van der Waals surface area (Å²) in [4.78, 5) is 24.2. The van der Waals surface area contributed by atoms with Crippen molar-refractivity contribution in [2.24, 2.45) is 5.92 Å². The van der Waals surface area contributed by atoms with Crippen LogP contribution in [0.15, 0.2) is 24.3 Å². The zero-order chi connectivity index (χ0) is 17.7. The van der Waals surface area contributed by atoms with Crippen LogP contribution in [0.1, 0.15) is 28.8 Å². The second-order valence-corrected chi connectivity index (χ2v) is 5.91. The number of rotatable bonds is 5. The Morgan fingerprint density at radius 3 is 2.50 bits per heavy atom. The summed E-state index contributed by atoms with van der Waals surface area (Å²) in [5, 5.41) is 11.5. The van der Waals surface area contributed by atoms with E-state index in [1.54, 1.807) is 12.1 Å². The van der Waals surface area contributed by atoms with Crippen molar-refractivity contribution in [1.29, 1.82) is 0 Å². The van der Waals surface area contributed by atoms with E-state index in [1.165, 1.54) is 17.0 Å². The molecule has 1 atom stereocenters. The zero-order valence-corrected chi connectivity index (χ0v) is 13.0. The van der Waals surface area contributed by atoms with Gasteiger partial charge in [-0.05, 0) is 37.1 Å². The number of piperidine rings is 1. The molecule has 2 rings (SSSR count). The second-order valence-electron chi connectivity index (χ2n) is 5.91. The zero-order valence-electron chi connectivity index (χ0n) is 13.0. The molecule has 1 amide bonds. The lowest BCUT2D eigenvalue weighted by atomic mass is 9.97. The summed E-state index contributed by atoms with van der Waals surface area (Å²) in [6.07, 6.45) is -3.14. The molecule has 0 saturated carbocycles. The minimum Gasteiger partial charge on any atom is -0.478 e. The number of amides is 1. The fraction of sp³-hybridized carbons (Fsp3) is 0.500. The first kappa shape index (κ1) is 18.3. The van der Waals surface area contributed by atoms with E-state index >= 15 is 0 Å². The summed E-state index contributed by atoms with van der Waals surface area (Å²) in [6.45, 7) is -0.328. The number of carboxylic acid groups (broad SMARTS) is 1. The van der Waals surface area contributed by atoms with Crippen LogP contribution in [0.4, 0.5) is 13.2 Å². The van der Waals surface area contributed by atoms with Crippen molar-refractivity contribution < 1.29 is 27.9 Å². The van der Waals surface area contributed by atoms with Gasteiger partial charge in [-0.15, -0.1) is 0 Å². The largest absolute Gasteiger partial charge is 0.478 e. The molecule has 8 heteroatoms. The average molecular weight is 344 g/mol. The number of aromatic carboxylic acids is 1. The highest BCUT2D eigenvalue weighted by Gasteiger charge is 2.34. The third-order valence-corrected chi connectivity index (χ3v) is 3.95. The van der Waals surface area contributed by atoms with E-state index in [-0.39, 0.29) is 24.6 Å². The SMILES string of the molecule is O=C(O)c1ccc(CNC(=O)C2CCCN(CC(F)(F)F)C2)cc1. The molecule has 0 bridgehead atoms. The number of halogens is 3. The van der Waals surface area contributed by atoms with Gasteiger partial charge in [0.15, 0.2) is 0 Å². The monoisotopic (exact) mass is 344 g/mol. The van der Waals surface area contributed by atoms with E-state index < -0.39 is 24.6 Å². The highest BCUT2D eigenvalue weighted by atomic mass is 19.4. The molecule has 1 aromatic rings.